The summed E-state index contributed by atoms with van der Waals surface area (Å²) in [6, 6.07) is 25.6. The van der Waals surface area contributed by atoms with E-state index in [4.69, 9.17) is 4.84 Å². The third-order valence-electron chi connectivity index (χ3n) is 5.83. The number of amides is 2. The topological polar surface area (TPSA) is 91.2 Å². The maximum atomic E-state index is 13.3. The second-order valence-corrected chi connectivity index (χ2v) is 8.11. The largest absolute Gasteiger partial charge is 0.399 e. The number of rotatable bonds is 7. The predicted octanol–water partition coefficient (Wildman–Crippen LogP) is 3.42. The molecule has 1 saturated heterocycles. The number of oxime groups is 1. The normalized spacial score (nSPS) is 17.4. The van der Waals surface area contributed by atoms with Crippen molar-refractivity contribution in [2.75, 3.05) is 20.2 Å². The van der Waals surface area contributed by atoms with Crippen LogP contribution in [0.1, 0.15) is 28.4 Å². The second-order valence-electron chi connectivity index (χ2n) is 8.11. The smallest absolute Gasteiger partial charge is 0.254 e. The second kappa shape index (κ2) is 10.8. The van der Waals surface area contributed by atoms with Crippen LogP contribution in [0, 0.1) is 0 Å². The number of nitrogens with zero attached hydrogens (tertiary/aromatic N) is 2. The summed E-state index contributed by atoms with van der Waals surface area (Å²) >= 11 is 0. The van der Waals surface area contributed by atoms with Crippen LogP contribution in [0.2, 0.25) is 0 Å². The van der Waals surface area contributed by atoms with Crippen LogP contribution in [0.3, 0.4) is 0 Å². The van der Waals surface area contributed by atoms with E-state index in [0.29, 0.717) is 16.8 Å². The molecule has 1 fully saturated rings. The van der Waals surface area contributed by atoms with Gasteiger partial charge in [-0.2, -0.15) is 0 Å². The van der Waals surface area contributed by atoms with Crippen LogP contribution < -0.4 is 5.32 Å². The van der Waals surface area contributed by atoms with Crippen LogP contribution in [0.4, 0.5) is 0 Å². The zero-order valence-corrected chi connectivity index (χ0v) is 18.9. The molecule has 7 nitrogen and oxygen atoms in total. The van der Waals surface area contributed by atoms with Gasteiger partial charge in [0.15, 0.2) is 0 Å². The van der Waals surface area contributed by atoms with Gasteiger partial charge in [-0.3, -0.25) is 9.59 Å². The molecular formula is C27H27N3O4. The van der Waals surface area contributed by atoms with Crippen molar-refractivity contribution >= 4 is 17.5 Å². The zero-order valence-electron chi connectivity index (χ0n) is 18.9. The van der Waals surface area contributed by atoms with Gasteiger partial charge < -0.3 is 20.2 Å². The van der Waals surface area contributed by atoms with E-state index in [-0.39, 0.29) is 31.3 Å². The summed E-state index contributed by atoms with van der Waals surface area (Å²) in [6.45, 7) is 0.246. The molecular weight excluding hydrogens is 430 g/mol. The lowest BCUT2D eigenvalue weighted by atomic mass is 10.0. The van der Waals surface area contributed by atoms with Crippen molar-refractivity contribution in [1.29, 1.82) is 0 Å². The van der Waals surface area contributed by atoms with Crippen LogP contribution in [0.25, 0.3) is 11.1 Å². The highest BCUT2D eigenvalue weighted by Gasteiger charge is 2.38. The van der Waals surface area contributed by atoms with Gasteiger partial charge in [0.05, 0.1) is 18.4 Å². The molecule has 2 amide bonds. The minimum absolute atomic E-state index is 0.0455. The number of nitrogens with one attached hydrogen (secondary N) is 1. The summed E-state index contributed by atoms with van der Waals surface area (Å²) in [5, 5.41) is 17.1. The third kappa shape index (κ3) is 5.32. The lowest BCUT2D eigenvalue weighted by Gasteiger charge is -2.24. The van der Waals surface area contributed by atoms with Gasteiger partial charge in [0.1, 0.15) is 13.2 Å². The van der Waals surface area contributed by atoms with E-state index < -0.39 is 12.1 Å². The summed E-state index contributed by atoms with van der Waals surface area (Å²) in [7, 11) is 1.44. The van der Waals surface area contributed by atoms with E-state index in [9.17, 15) is 14.7 Å². The van der Waals surface area contributed by atoms with Gasteiger partial charge in [0.2, 0.25) is 5.91 Å². The van der Waals surface area contributed by atoms with Crippen molar-refractivity contribution < 1.29 is 19.5 Å². The number of carbonyl (C=O) groups is 2. The van der Waals surface area contributed by atoms with Crippen LogP contribution in [-0.4, -0.2) is 53.8 Å². The molecule has 0 aliphatic carbocycles. The van der Waals surface area contributed by atoms with Crippen LogP contribution >= 0.6 is 0 Å². The van der Waals surface area contributed by atoms with E-state index in [1.807, 2.05) is 60.7 Å². The quantitative estimate of drug-likeness (QED) is 0.532. The monoisotopic (exact) mass is 457 g/mol. The third-order valence-corrected chi connectivity index (χ3v) is 5.83. The molecule has 3 aromatic rings. The minimum Gasteiger partial charge on any atom is -0.399 e. The first-order valence-electron chi connectivity index (χ1n) is 11.1. The lowest BCUT2D eigenvalue weighted by Crippen LogP contribution is -2.46. The first-order valence-corrected chi connectivity index (χ1v) is 11.1. The van der Waals surface area contributed by atoms with Gasteiger partial charge in [-0.05, 0) is 28.8 Å². The molecule has 1 heterocycles. The van der Waals surface area contributed by atoms with E-state index in [1.54, 1.807) is 24.3 Å². The maximum absolute atomic E-state index is 13.3. The molecule has 0 aromatic heterocycles. The summed E-state index contributed by atoms with van der Waals surface area (Å²) in [6.07, 6.45) is -0.567. The molecule has 174 valence electrons. The number of likely N-dealkylation sites (tertiary alicyclic amines) is 1. The molecule has 4 rings (SSSR count). The van der Waals surface area contributed by atoms with Crippen molar-refractivity contribution in [3.05, 3.63) is 96.1 Å². The summed E-state index contributed by atoms with van der Waals surface area (Å²) in [4.78, 5) is 32.7. The van der Waals surface area contributed by atoms with Gasteiger partial charge in [-0.1, -0.05) is 78.0 Å². The maximum Gasteiger partial charge on any atom is 0.254 e. The number of benzene rings is 3. The SMILES string of the molecule is CO/N=C1\C[C@@H](C(=O)NC[C@@H](O)c2ccccc2)N(C(=O)c2ccc(-c3ccccc3)cc2)C1. The standard InChI is InChI=1S/C27H27N3O4/c1-34-29-23-16-24(26(32)28-17-25(31)21-10-6-3-7-11-21)30(18-23)27(33)22-14-12-20(13-15-22)19-8-4-2-5-9-19/h2-15,24-25,31H,16-18H2,1H3,(H,28,32)/b29-23+/t24-,25+/m0/s1. The number of hydrogen-bond acceptors (Lipinski definition) is 5. The fourth-order valence-electron chi connectivity index (χ4n) is 4.06. The number of hydrogen-bond donors (Lipinski definition) is 2. The van der Waals surface area contributed by atoms with Crippen molar-refractivity contribution in [1.82, 2.24) is 10.2 Å². The van der Waals surface area contributed by atoms with Gasteiger partial charge in [0.25, 0.3) is 5.91 Å². The molecule has 34 heavy (non-hydrogen) atoms. The van der Waals surface area contributed by atoms with Crippen LogP contribution in [0.5, 0.6) is 0 Å². The van der Waals surface area contributed by atoms with Crippen LogP contribution in [0.15, 0.2) is 90.1 Å². The average Bonchev–Trinajstić information content (AvgIpc) is 3.32. The predicted molar refractivity (Wildman–Crippen MR) is 130 cm³/mol. The van der Waals surface area contributed by atoms with E-state index >= 15 is 0 Å². The molecule has 0 saturated carbocycles. The Labute approximate surface area is 198 Å². The highest BCUT2D eigenvalue weighted by Crippen LogP contribution is 2.23. The highest BCUT2D eigenvalue weighted by molar-refractivity contribution is 6.05. The molecule has 1 aliphatic heterocycles. The molecule has 1 aliphatic rings. The summed E-state index contributed by atoms with van der Waals surface area (Å²) < 4.78 is 0. The first-order chi connectivity index (χ1) is 16.6. The Balaban J connectivity index is 1.47. The average molecular weight is 458 g/mol. The molecule has 2 N–H and O–H groups in total. The van der Waals surface area contributed by atoms with E-state index in [0.717, 1.165) is 11.1 Å². The summed E-state index contributed by atoms with van der Waals surface area (Å²) in [5.41, 5.74) is 3.87. The molecule has 3 aromatic carbocycles. The van der Waals surface area contributed by atoms with E-state index in [2.05, 4.69) is 10.5 Å². The number of aliphatic hydroxyl groups excluding tert-OH is 1. The Morgan fingerprint density at radius 1 is 1.00 bits per heavy atom. The highest BCUT2D eigenvalue weighted by atomic mass is 16.6. The first kappa shape index (κ1) is 23.2. The number of aliphatic hydroxyl groups is 1. The fourth-order valence-corrected chi connectivity index (χ4v) is 4.06. The van der Waals surface area contributed by atoms with Gasteiger partial charge in [0, 0.05) is 18.5 Å². The Morgan fingerprint density at radius 3 is 2.26 bits per heavy atom. The lowest BCUT2D eigenvalue weighted by molar-refractivity contribution is -0.125. The van der Waals surface area contributed by atoms with Crippen molar-refractivity contribution in [2.45, 2.75) is 18.6 Å². The fraction of sp³-hybridized carbons (Fsp3) is 0.222. The molecule has 0 unspecified atom stereocenters. The Morgan fingerprint density at radius 2 is 1.62 bits per heavy atom. The molecule has 7 heteroatoms. The molecule has 0 spiro atoms. The Kier molecular flexibility index (Phi) is 7.34. The molecule has 0 radical (unpaired) electrons. The Hall–Kier alpha value is -3.97. The van der Waals surface area contributed by atoms with Gasteiger partial charge >= 0.3 is 0 Å². The summed E-state index contributed by atoms with van der Waals surface area (Å²) in [5.74, 6) is -0.602. The number of carbonyl (C=O) groups excluding carboxylic acids is 2. The minimum atomic E-state index is -0.839. The molecule has 0 bridgehead atoms. The van der Waals surface area contributed by atoms with E-state index in [1.165, 1.54) is 12.0 Å². The van der Waals surface area contributed by atoms with Crippen molar-refractivity contribution in [3.63, 3.8) is 0 Å². The van der Waals surface area contributed by atoms with Crippen LogP contribution in [-0.2, 0) is 9.63 Å². The van der Waals surface area contributed by atoms with Gasteiger partial charge in [-0.15, -0.1) is 0 Å². The van der Waals surface area contributed by atoms with Gasteiger partial charge in [-0.25, -0.2) is 0 Å². The Bertz CT molecular complexity index is 1150. The molecule has 2 atom stereocenters. The van der Waals surface area contributed by atoms with Crippen molar-refractivity contribution in [2.24, 2.45) is 5.16 Å². The van der Waals surface area contributed by atoms with Crippen molar-refractivity contribution in [3.8, 4) is 11.1 Å². The zero-order chi connectivity index (χ0) is 23.9.